The fourth-order valence-electron chi connectivity index (χ4n) is 4.41. The lowest BCUT2D eigenvalue weighted by molar-refractivity contribution is -0.116. The van der Waals surface area contributed by atoms with Gasteiger partial charge in [0.25, 0.3) is 0 Å². The molecule has 2 unspecified atom stereocenters. The van der Waals surface area contributed by atoms with Crippen LogP contribution in [0.15, 0.2) is 85.3 Å². The van der Waals surface area contributed by atoms with Crippen molar-refractivity contribution in [1.82, 2.24) is 24.8 Å². The van der Waals surface area contributed by atoms with Crippen molar-refractivity contribution in [2.24, 2.45) is 0 Å². The van der Waals surface area contributed by atoms with Crippen LogP contribution >= 0.6 is 12.2 Å². The second-order valence-corrected chi connectivity index (χ2v) is 8.98. The molecule has 2 N–H and O–H groups in total. The molecule has 1 aliphatic heterocycles. The van der Waals surface area contributed by atoms with E-state index in [0.717, 1.165) is 22.8 Å². The molecule has 36 heavy (non-hydrogen) atoms. The van der Waals surface area contributed by atoms with E-state index in [4.69, 9.17) is 12.2 Å². The molecule has 0 bridgehead atoms. The van der Waals surface area contributed by atoms with Gasteiger partial charge < -0.3 is 20.1 Å². The second kappa shape index (κ2) is 10.2. The Kier molecular flexibility index (Phi) is 6.73. The summed E-state index contributed by atoms with van der Waals surface area (Å²) in [6.07, 6.45) is 5.68. The van der Waals surface area contributed by atoms with Crippen molar-refractivity contribution in [3.05, 3.63) is 108 Å². The van der Waals surface area contributed by atoms with E-state index in [1.54, 1.807) is 18.3 Å². The standard InChI is InChI=1S/C27H25FN6OS/c1-18-11-12-23(30-17-18)33-15-6-10-22(33)26-25(21-9-4-5-14-29-21)32-27(36)34(26)16-13-24(35)31-20-8-3-2-7-19(20)28/h2-12,14-15,17,25-26H,13,16H2,1H3,(H,31,35)(H,32,36). The molecule has 1 aromatic carbocycles. The monoisotopic (exact) mass is 500 g/mol. The van der Waals surface area contributed by atoms with Crippen LogP contribution in [0.3, 0.4) is 0 Å². The zero-order valence-corrected chi connectivity index (χ0v) is 20.5. The van der Waals surface area contributed by atoms with Crippen molar-refractivity contribution < 1.29 is 9.18 Å². The van der Waals surface area contributed by atoms with Gasteiger partial charge >= 0.3 is 0 Å². The van der Waals surface area contributed by atoms with E-state index in [-0.39, 0.29) is 30.1 Å². The third-order valence-electron chi connectivity index (χ3n) is 6.15. The number of anilines is 1. The lowest BCUT2D eigenvalue weighted by Gasteiger charge is -2.28. The number of hydrogen-bond donors (Lipinski definition) is 2. The van der Waals surface area contributed by atoms with Crippen LogP contribution in [-0.2, 0) is 4.79 Å². The average molecular weight is 501 g/mol. The molecule has 1 amide bonds. The number of amides is 1. The molecule has 0 saturated carbocycles. The molecule has 182 valence electrons. The lowest BCUT2D eigenvalue weighted by atomic mass is 10.0. The highest BCUT2D eigenvalue weighted by Gasteiger charge is 2.41. The molecule has 4 heterocycles. The van der Waals surface area contributed by atoms with Gasteiger partial charge in [-0.05, 0) is 67.2 Å². The normalized spacial score (nSPS) is 17.2. The molecule has 0 aliphatic carbocycles. The Morgan fingerprint density at radius 2 is 1.92 bits per heavy atom. The smallest absolute Gasteiger partial charge is 0.226 e. The second-order valence-electron chi connectivity index (χ2n) is 8.59. The van der Waals surface area contributed by atoms with Gasteiger partial charge in [-0.3, -0.25) is 9.78 Å². The first kappa shape index (κ1) is 23.6. The van der Waals surface area contributed by atoms with Crippen LogP contribution in [-0.4, -0.2) is 37.0 Å². The largest absolute Gasteiger partial charge is 0.352 e. The number of nitrogens with zero attached hydrogens (tertiary/aromatic N) is 4. The number of aryl methyl sites for hydroxylation is 1. The molecule has 9 heteroatoms. The van der Waals surface area contributed by atoms with E-state index < -0.39 is 5.82 Å². The number of aromatic nitrogens is 3. The van der Waals surface area contributed by atoms with E-state index in [1.807, 2.05) is 71.2 Å². The summed E-state index contributed by atoms with van der Waals surface area (Å²) in [5, 5.41) is 6.58. The predicted molar refractivity (Wildman–Crippen MR) is 140 cm³/mol. The van der Waals surface area contributed by atoms with Gasteiger partial charge in [0.2, 0.25) is 5.91 Å². The molecule has 0 radical (unpaired) electrons. The first-order valence-corrected chi connectivity index (χ1v) is 12.0. The fraction of sp³-hybridized carbons (Fsp3) is 0.185. The van der Waals surface area contributed by atoms with Crippen molar-refractivity contribution in [2.75, 3.05) is 11.9 Å². The quantitative estimate of drug-likeness (QED) is 0.358. The van der Waals surface area contributed by atoms with Crippen molar-refractivity contribution >= 4 is 28.9 Å². The number of halogens is 1. The summed E-state index contributed by atoms with van der Waals surface area (Å²) in [5.41, 5.74) is 3.04. The van der Waals surface area contributed by atoms with E-state index in [1.165, 1.54) is 12.1 Å². The van der Waals surface area contributed by atoms with E-state index in [0.29, 0.717) is 11.7 Å². The van der Waals surface area contributed by atoms with Crippen LogP contribution in [0.4, 0.5) is 10.1 Å². The summed E-state index contributed by atoms with van der Waals surface area (Å²) >= 11 is 5.72. The van der Waals surface area contributed by atoms with Crippen LogP contribution < -0.4 is 10.6 Å². The molecule has 1 aliphatic rings. The number of rotatable bonds is 7. The molecule has 7 nitrogen and oxygen atoms in total. The number of benzene rings is 1. The Morgan fingerprint density at radius 3 is 2.67 bits per heavy atom. The molecule has 1 fully saturated rings. The lowest BCUT2D eigenvalue weighted by Crippen LogP contribution is -2.33. The maximum atomic E-state index is 14.0. The van der Waals surface area contributed by atoms with Gasteiger partial charge in [-0.15, -0.1) is 0 Å². The zero-order chi connectivity index (χ0) is 25.1. The number of nitrogens with one attached hydrogen (secondary N) is 2. The van der Waals surface area contributed by atoms with Crippen LogP contribution in [0.2, 0.25) is 0 Å². The fourth-order valence-corrected chi connectivity index (χ4v) is 4.74. The number of pyridine rings is 2. The average Bonchev–Trinajstić information content (AvgIpc) is 3.49. The zero-order valence-electron chi connectivity index (χ0n) is 19.6. The van der Waals surface area contributed by atoms with Gasteiger partial charge in [0.1, 0.15) is 11.6 Å². The summed E-state index contributed by atoms with van der Waals surface area (Å²) in [6, 6.07) is 19.4. The highest BCUT2D eigenvalue weighted by Crippen LogP contribution is 2.39. The van der Waals surface area contributed by atoms with Gasteiger partial charge in [0.05, 0.1) is 23.5 Å². The molecule has 1 saturated heterocycles. The highest BCUT2D eigenvalue weighted by atomic mass is 32.1. The summed E-state index contributed by atoms with van der Waals surface area (Å²) in [7, 11) is 0. The van der Waals surface area contributed by atoms with Crippen molar-refractivity contribution in [1.29, 1.82) is 0 Å². The van der Waals surface area contributed by atoms with Gasteiger partial charge in [-0.1, -0.05) is 24.3 Å². The van der Waals surface area contributed by atoms with Gasteiger partial charge in [-0.2, -0.15) is 0 Å². The summed E-state index contributed by atoms with van der Waals surface area (Å²) in [4.78, 5) is 23.9. The van der Waals surface area contributed by atoms with Crippen LogP contribution in [0, 0.1) is 12.7 Å². The minimum Gasteiger partial charge on any atom is -0.352 e. The SMILES string of the molecule is Cc1ccc(-n2cccc2C2C(c3ccccn3)NC(=S)N2CCC(=O)Nc2ccccc2F)nc1. The first-order valence-electron chi connectivity index (χ1n) is 11.6. The minimum atomic E-state index is -0.472. The Labute approximate surface area is 214 Å². The molecular weight excluding hydrogens is 475 g/mol. The number of carbonyl (C=O) groups is 1. The Hall–Kier alpha value is -4.11. The van der Waals surface area contributed by atoms with Crippen LogP contribution in [0.1, 0.15) is 35.5 Å². The Morgan fingerprint density at radius 1 is 1.08 bits per heavy atom. The van der Waals surface area contributed by atoms with Crippen LogP contribution in [0.5, 0.6) is 0 Å². The molecule has 5 rings (SSSR count). The maximum Gasteiger partial charge on any atom is 0.226 e. The Balaban J connectivity index is 1.44. The number of carbonyl (C=O) groups excluding carboxylic acids is 1. The number of para-hydroxylation sites is 1. The predicted octanol–water partition coefficient (Wildman–Crippen LogP) is 4.72. The summed E-state index contributed by atoms with van der Waals surface area (Å²) in [6.45, 7) is 2.34. The van der Waals surface area contributed by atoms with E-state index in [9.17, 15) is 9.18 Å². The van der Waals surface area contributed by atoms with Gasteiger partial charge in [-0.25, -0.2) is 9.37 Å². The molecular formula is C27H25FN6OS. The number of hydrogen-bond acceptors (Lipinski definition) is 4. The molecule has 0 spiro atoms. The van der Waals surface area contributed by atoms with Crippen LogP contribution in [0.25, 0.3) is 5.82 Å². The molecule has 3 aromatic heterocycles. The van der Waals surface area contributed by atoms with E-state index in [2.05, 4.69) is 20.6 Å². The van der Waals surface area contributed by atoms with Crippen molar-refractivity contribution in [2.45, 2.75) is 25.4 Å². The van der Waals surface area contributed by atoms with E-state index >= 15 is 0 Å². The summed E-state index contributed by atoms with van der Waals surface area (Å²) in [5.74, 6) is 0.0229. The third-order valence-corrected chi connectivity index (χ3v) is 6.50. The van der Waals surface area contributed by atoms with Crippen molar-refractivity contribution in [3.63, 3.8) is 0 Å². The first-order chi connectivity index (χ1) is 17.5. The topological polar surface area (TPSA) is 75.1 Å². The third kappa shape index (κ3) is 4.83. The maximum absolute atomic E-state index is 14.0. The van der Waals surface area contributed by atoms with Gasteiger partial charge in [0, 0.05) is 37.3 Å². The minimum absolute atomic E-state index is 0.130. The molecule has 4 aromatic rings. The Bertz CT molecular complexity index is 1370. The summed E-state index contributed by atoms with van der Waals surface area (Å²) < 4.78 is 16.0. The molecule has 2 atom stereocenters. The number of thiocarbonyl (C=S) groups is 1. The van der Waals surface area contributed by atoms with Crippen molar-refractivity contribution in [3.8, 4) is 5.82 Å². The van der Waals surface area contributed by atoms with Gasteiger partial charge in [0.15, 0.2) is 5.11 Å². The highest BCUT2D eigenvalue weighted by molar-refractivity contribution is 7.80.